The Kier molecular flexibility index (Phi) is 10.0. The first-order valence-corrected chi connectivity index (χ1v) is 8.67. The molecule has 8 heteroatoms. The van der Waals surface area contributed by atoms with E-state index in [2.05, 4.69) is 10.6 Å². The number of benzene rings is 1. The van der Waals surface area contributed by atoms with Crippen molar-refractivity contribution in [2.75, 3.05) is 13.2 Å². The number of hydrogen-bond donors (Lipinski definition) is 2. The molecule has 0 aliphatic heterocycles. The molecule has 0 saturated heterocycles. The molecule has 0 aromatic heterocycles. The van der Waals surface area contributed by atoms with Crippen molar-refractivity contribution in [3.8, 4) is 6.07 Å². The lowest BCUT2D eigenvalue weighted by molar-refractivity contribution is -0.141. The summed E-state index contributed by atoms with van der Waals surface area (Å²) in [5.41, 5.74) is 0.901. The second-order valence-corrected chi connectivity index (χ2v) is 6.14. The van der Waals surface area contributed by atoms with Crippen LogP contribution in [0.5, 0.6) is 0 Å². The van der Waals surface area contributed by atoms with Gasteiger partial charge in [-0.3, -0.25) is 9.59 Å². The van der Waals surface area contributed by atoms with E-state index < -0.39 is 18.1 Å². The number of hydrogen-bond acceptors (Lipinski definition) is 6. The van der Waals surface area contributed by atoms with Gasteiger partial charge in [-0.2, -0.15) is 5.26 Å². The van der Waals surface area contributed by atoms with Crippen LogP contribution in [0.2, 0.25) is 0 Å². The van der Waals surface area contributed by atoms with Crippen molar-refractivity contribution in [2.45, 2.75) is 39.3 Å². The standard InChI is InChI=1S/C19H25N3O5/c1-14(8-9-18(24)22-17(10-20)13-26-15(2)23)11-21-19(25)27-12-16-6-4-3-5-7-16/h3-7,14,17H,8-9,11-13H2,1-2H3,(H,21,25)(H,22,24)/t14-,17-/m0/s1. The van der Waals surface area contributed by atoms with Gasteiger partial charge in [-0.1, -0.05) is 37.3 Å². The zero-order valence-corrected chi connectivity index (χ0v) is 15.6. The highest BCUT2D eigenvalue weighted by Crippen LogP contribution is 2.05. The molecule has 2 amide bonds. The molecular weight excluding hydrogens is 350 g/mol. The minimum absolute atomic E-state index is 0.0500. The number of carbonyl (C=O) groups excluding carboxylic acids is 3. The molecule has 0 heterocycles. The molecule has 8 nitrogen and oxygen atoms in total. The highest BCUT2D eigenvalue weighted by Gasteiger charge is 2.14. The van der Waals surface area contributed by atoms with Crippen LogP contribution in [0.25, 0.3) is 0 Å². The minimum Gasteiger partial charge on any atom is -0.463 e. The van der Waals surface area contributed by atoms with Crippen molar-refractivity contribution in [3.63, 3.8) is 0 Å². The van der Waals surface area contributed by atoms with Gasteiger partial charge >= 0.3 is 12.1 Å². The summed E-state index contributed by atoms with van der Waals surface area (Å²) in [5, 5.41) is 14.1. The van der Waals surface area contributed by atoms with Crippen LogP contribution in [0.1, 0.15) is 32.3 Å². The molecule has 0 unspecified atom stereocenters. The first-order chi connectivity index (χ1) is 12.9. The van der Waals surface area contributed by atoms with E-state index in [1.807, 2.05) is 43.3 Å². The summed E-state index contributed by atoms with van der Waals surface area (Å²) >= 11 is 0. The number of nitriles is 1. The lowest BCUT2D eigenvalue weighted by Gasteiger charge is -2.14. The van der Waals surface area contributed by atoms with Gasteiger partial charge in [0.15, 0.2) is 6.04 Å². The topological polar surface area (TPSA) is 118 Å². The molecule has 1 aromatic rings. The van der Waals surface area contributed by atoms with Crippen molar-refractivity contribution < 1.29 is 23.9 Å². The molecule has 0 radical (unpaired) electrons. The molecule has 0 bridgehead atoms. The molecule has 2 N–H and O–H groups in total. The number of nitrogens with zero attached hydrogens (tertiary/aromatic N) is 1. The molecule has 1 aromatic carbocycles. The normalized spacial score (nSPS) is 12.2. The third-order valence-electron chi connectivity index (χ3n) is 3.62. The number of alkyl carbamates (subject to hydrolysis) is 1. The molecule has 0 saturated carbocycles. The summed E-state index contributed by atoms with van der Waals surface area (Å²) < 4.78 is 9.81. The molecule has 146 valence electrons. The van der Waals surface area contributed by atoms with E-state index in [1.165, 1.54) is 6.92 Å². The van der Waals surface area contributed by atoms with Crippen LogP contribution in [0.3, 0.4) is 0 Å². The number of amides is 2. The molecule has 27 heavy (non-hydrogen) atoms. The Hall–Kier alpha value is -3.08. The predicted molar refractivity (Wildman–Crippen MR) is 97.2 cm³/mol. The van der Waals surface area contributed by atoms with Crippen LogP contribution in [0.15, 0.2) is 30.3 Å². The van der Waals surface area contributed by atoms with Gasteiger partial charge < -0.3 is 20.1 Å². The molecule has 0 aliphatic rings. The fourth-order valence-corrected chi connectivity index (χ4v) is 2.09. The van der Waals surface area contributed by atoms with Gasteiger partial charge in [-0.05, 0) is 17.9 Å². The number of ether oxygens (including phenoxy) is 2. The summed E-state index contributed by atoms with van der Waals surface area (Å²) in [5.74, 6) is -0.774. The van der Waals surface area contributed by atoms with Crippen LogP contribution in [-0.4, -0.2) is 37.2 Å². The Morgan fingerprint density at radius 2 is 1.89 bits per heavy atom. The highest BCUT2D eigenvalue weighted by molar-refractivity contribution is 5.76. The first-order valence-electron chi connectivity index (χ1n) is 8.67. The van der Waals surface area contributed by atoms with E-state index in [-0.39, 0.29) is 31.5 Å². The van der Waals surface area contributed by atoms with Gasteiger partial charge in [-0.15, -0.1) is 0 Å². The highest BCUT2D eigenvalue weighted by atomic mass is 16.5. The van der Waals surface area contributed by atoms with Crippen molar-refractivity contribution in [1.29, 1.82) is 5.26 Å². The quantitative estimate of drug-likeness (QED) is 0.603. The third-order valence-corrected chi connectivity index (χ3v) is 3.62. The van der Waals surface area contributed by atoms with Crippen LogP contribution in [0.4, 0.5) is 4.79 Å². The summed E-state index contributed by atoms with van der Waals surface area (Å²) in [6, 6.07) is 10.3. The summed E-state index contributed by atoms with van der Waals surface area (Å²) in [6.07, 6.45) is 0.206. The van der Waals surface area contributed by atoms with Crippen molar-refractivity contribution in [2.24, 2.45) is 5.92 Å². The maximum atomic E-state index is 11.8. The predicted octanol–water partition coefficient (Wildman–Crippen LogP) is 1.90. The Morgan fingerprint density at radius 3 is 2.52 bits per heavy atom. The van der Waals surface area contributed by atoms with Gasteiger partial charge in [0.05, 0.1) is 6.07 Å². The third kappa shape index (κ3) is 10.5. The Bertz CT molecular complexity index is 657. The van der Waals surface area contributed by atoms with Crippen LogP contribution in [0, 0.1) is 17.2 Å². The summed E-state index contributed by atoms with van der Waals surface area (Å²) in [6.45, 7) is 3.51. The maximum absolute atomic E-state index is 11.8. The molecule has 0 spiro atoms. The van der Waals surface area contributed by atoms with Gasteiger partial charge in [-0.25, -0.2) is 4.79 Å². The van der Waals surface area contributed by atoms with E-state index in [1.54, 1.807) is 0 Å². The monoisotopic (exact) mass is 375 g/mol. The number of esters is 1. The SMILES string of the molecule is CC(=O)OC[C@H](C#N)NC(=O)CC[C@H](C)CNC(=O)OCc1ccccc1. The van der Waals surface area contributed by atoms with Crippen LogP contribution in [-0.2, 0) is 25.7 Å². The molecule has 0 aliphatic carbocycles. The fourth-order valence-electron chi connectivity index (χ4n) is 2.09. The number of rotatable bonds is 10. The lowest BCUT2D eigenvalue weighted by atomic mass is 10.1. The largest absolute Gasteiger partial charge is 0.463 e. The maximum Gasteiger partial charge on any atom is 0.407 e. The van der Waals surface area contributed by atoms with E-state index in [0.29, 0.717) is 13.0 Å². The van der Waals surface area contributed by atoms with Crippen molar-refractivity contribution >= 4 is 18.0 Å². The molecular formula is C19H25N3O5. The van der Waals surface area contributed by atoms with Crippen LogP contribution >= 0.6 is 0 Å². The molecule has 0 fully saturated rings. The van der Waals surface area contributed by atoms with Gasteiger partial charge in [0.2, 0.25) is 5.91 Å². The fraction of sp³-hybridized carbons (Fsp3) is 0.474. The summed E-state index contributed by atoms with van der Waals surface area (Å²) in [7, 11) is 0. The Labute approximate surface area is 158 Å². The van der Waals surface area contributed by atoms with Gasteiger partial charge in [0.25, 0.3) is 0 Å². The second-order valence-electron chi connectivity index (χ2n) is 6.14. The summed E-state index contributed by atoms with van der Waals surface area (Å²) in [4.78, 5) is 34.3. The smallest absolute Gasteiger partial charge is 0.407 e. The van der Waals surface area contributed by atoms with Gasteiger partial charge in [0.1, 0.15) is 13.2 Å². The van der Waals surface area contributed by atoms with Crippen molar-refractivity contribution in [3.05, 3.63) is 35.9 Å². The first kappa shape index (κ1) is 22.0. The van der Waals surface area contributed by atoms with Gasteiger partial charge in [0, 0.05) is 19.9 Å². The zero-order valence-electron chi connectivity index (χ0n) is 15.6. The molecule has 1 rings (SSSR count). The zero-order chi connectivity index (χ0) is 20.1. The average Bonchev–Trinajstić information content (AvgIpc) is 2.66. The van der Waals surface area contributed by atoms with Crippen molar-refractivity contribution in [1.82, 2.24) is 10.6 Å². The minimum atomic E-state index is -0.872. The average molecular weight is 375 g/mol. The van der Waals surface area contributed by atoms with E-state index in [9.17, 15) is 14.4 Å². The Morgan fingerprint density at radius 1 is 1.19 bits per heavy atom. The van der Waals surface area contributed by atoms with E-state index in [4.69, 9.17) is 14.7 Å². The second kappa shape index (κ2) is 12.3. The van der Waals surface area contributed by atoms with E-state index in [0.717, 1.165) is 5.56 Å². The number of carbonyl (C=O) groups is 3. The lowest BCUT2D eigenvalue weighted by Crippen LogP contribution is -2.38. The number of nitrogens with one attached hydrogen (secondary N) is 2. The Balaban J connectivity index is 2.19. The van der Waals surface area contributed by atoms with Crippen LogP contribution < -0.4 is 10.6 Å². The van der Waals surface area contributed by atoms with E-state index >= 15 is 0 Å². The molecule has 2 atom stereocenters.